The van der Waals surface area contributed by atoms with E-state index in [-0.39, 0.29) is 46.5 Å². The van der Waals surface area contributed by atoms with Gasteiger partial charge in [0.2, 0.25) is 12.4 Å². The van der Waals surface area contributed by atoms with Crippen molar-refractivity contribution in [3.63, 3.8) is 0 Å². The van der Waals surface area contributed by atoms with E-state index >= 15 is 0 Å². The van der Waals surface area contributed by atoms with E-state index in [1.165, 1.54) is 30.6 Å². The Kier molecular flexibility index (Phi) is 12.9. The molecule has 10 nitrogen and oxygen atoms in total. The second-order valence-corrected chi connectivity index (χ2v) is 15.5. The van der Waals surface area contributed by atoms with Gasteiger partial charge in [-0.15, -0.1) is 0 Å². The molecule has 0 amide bonds. The third-order valence-electron chi connectivity index (χ3n) is 10.5. The number of rotatable bonds is 17. The van der Waals surface area contributed by atoms with Gasteiger partial charge in [0.05, 0.1) is 13.0 Å². The van der Waals surface area contributed by atoms with Crippen LogP contribution in [0.4, 0.5) is 8.78 Å². The summed E-state index contributed by atoms with van der Waals surface area (Å²) in [6, 6.07) is 20.6. The Bertz CT molecular complexity index is 1970. The Hall–Kier alpha value is -4.49. The van der Waals surface area contributed by atoms with Crippen molar-refractivity contribution in [2.45, 2.75) is 69.9 Å². The fourth-order valence-electron chi connectivity index (χ4n) is 7.35. The summed E-state index contributed by atoms with van der Waals surface area (Å²) in [4.78, 5) is 29.7. The van der Waals surface area contributed by atoms with E-state index in [0.29, 0.717) is 41.7 Å². The van der Waals surface area contributed by atoms with Crippen molar-refractivity contribution < 1.29 is 47.3 Å². The van der Waals surface area contributed by atoms with Crippen molar-refractivity contribution in [3.8, 4) is 11.5 Å². The lowest BCUT2D eigenvalue weighted by molar-refractivity contribution is -0.904. The number of fused-ring (bicyclic) bond motifs is 3. The van der Waals surface area contributed by atoms with Crippen LogP contribution in [0, 0.1) is 11.8 Å². The SMILES string of the molecule is O=C(Cc1cccc(CNC(C(=O)O[C@H]2CN3CCC2CC3)c2ccccc2)c1)O[C@@H](Cc1c(Cl)c[n+](O)cc1Cl)c1ccc(OC(F)F)c(OCC2CC2)c1. The van der Waals surface area contributed by atoms with Crippen LogP contribution in [-0.2, 0) is 38.4 Å². The van der Waals surface area contributed by atoms with Crippen LogP contribution in [0.1, 0.15) is 65.6 Å². The molecular formula is C42H44Cl2F2N3O7+. The molecule has 4 heterocycles. The second-order valence-electron chi connectivity index (χ2n) is 14.7. The standard InChI is InChI=1S/C42H44Cl2F2N3O7/c43-33-22-49(52)23-34(44)32(33)20-36(31-11-12-35(56-42(45)46)37(19-31)53-25-26-9-10-26)54-39(50)18-27-5-4-6-28(17-27)21-47-40(30-7-2-1-3-8-30)41(51)55-38-24-48-15-13-29(38)14-16-48/h1-8,11-12,17,19,22-23,26,29,36,38,40,42,47,52H,9-10,13-16,18,20-21,24-25H2/q+1/t36-,38-,40?/m0/s1. The first kappa shape index (κ1) is 39.7. The monoisotopic (exact) mass is 810 g/mol. The Balaban J connectivity index is 1.06. The van der Waals surface area contributed by atoms with E-state index in [1.807, 2.05) is 48.5 Å². The predicted octanol–water partition coefficient (Wildman–Crippen LogP) is 7.45. The Morgan fingerprint density at radius 3 is 2.30 bits per heavy atom. The zero-order chi connectivity index (χ0) is 39.2. The molecule has 0 spiro atoms. The van der Waals surface area contributed by atoms with Crippen LogP contribution < -0.4 is 19.5 Å². The summed E-state index contributed by atoms with van der Waals surface area (Å²) in [5, 5.41) is 13.6. The molecule has 8 rings (SSSR count). The highest BCUT2D eigenvalue weighted by molar-refractivity contribution is 6.35. The smallest absolute Gasteiger partial charge is 0.387 e. The molecular weight excluding hydrogens is 767 g/mol. The lowest BCUT2D eigenvalue weighted by atomic mass is 9.86. The van der Waals surface area contributed by atoms with Gasteiger partial charge in [-0.1, -0.05) is 83.9 Å². The number of nitrogens with one attached hydrogen (secondary N) is 1. The number of carbonyl (C=O) groups is 2. The summed E-state index contributed by atoms with van der Waals surface area (Å²) >= 11 is 12.9. The summed E-state index contributed by atoms with van der Waals surface area (Å²) in [6.07, 6.45) is 5.35. The van der Waals surface area contributed by atoms with Crippen LogP contribution in [0.5, 0.6) is 11.5 Å². The molecule has 1 aliphatic carbocycles. The molecule has 1 unspecified atom stereocenters. The molecule has 3 aromatic carbocycles. The fourth-order valence-corrected chi connectivity index (χ4v) is 7.96. The normalized spacial score (nSPS) is 20.0. The molecule has 0 radical (unpaired) electrons. The zero-order valence-electron chi connectivity index (χ0n) is 30.6. The van der Waals surface area contributed by atoms with Crippen LogP contribution >= 0.6 is 23.2 Å². The van der Waals surface area contributed by atoms with Gasteiger partial charge in [-0.25, -0.2) is 4.79 Å². The molecule has 2 bridgehead atoms. The first-order valence-electron chi connectivity index (χ1n) is 18.9. The third-order valence-corrected chi connectivity index (χ3v) is 11.2. The number of esters is 2. The highest BCUT2D eigenvalue weighted by Crippen LogP contribution is 2.38. The third kappa shape index (κ3) is 10.5. The highest BCUT2D eigenvalue weighted by Gasteiger charge is 2.38. The Morgan fingerprint density at radius 2 is 1.62 bits per heavy atom. The number of aromatic nitrogens is 1. The van der Waals surface area contributed by atoms with E-state index in [9.17, 15) is 23.6 Å². The van der Waals surface area contributed by atoms with Crippen molar-refractivity contribution in [1.29, 1.82) is 0 Å². The molecule has 4 fully saturated rings. The van der Waals surface area contributed by atoms with Gasteiger partial charge in [0.15, 0.2) is 11.5 Å². The van der Waals surface area contributed by atoms with E-state index < -0.39 is 24.7 Å². The Morgan fingerprint density at radius 1 is 0.893 bits per heavy atom. The summed E-state index contributed by atoms with van der Waals surface area (Å²) in [7, 11) is 0. The lowest BCUT2D eigenvalue weighted by Gasteiger charge is -2.44. The maximum Gasteiger partial charge on any atom is 0.387 e. The van der Waals surface area contributed by atoms with Crippen molar-refractivity contribution >= 4 is 35.1 Å². The van der Waals surface area contributed by atoms with Gasteiger partial charge < -0.3 is 18.9 Å². The number of halogens is 4. The summed E-state index contributed by atoms with van der Waals surface area (Å²) in [5.74, 6) is -0.223. The average Bonchev–Trinajstić information content (AvgIpc) is 4.01. The minimum Gasteiger partial charge on any atom is -0.489 e. The predicted molar refractivity (Wildman–Crippen MR) is 203 cm³/mol. The molecule has 2 N–H and O–H groups in total. The number of benzene rings is 3. The quantitative estimate of drug-likeness (QED) is 0.0639. The van der Waals surface area contributed by atoms with Crippen molar-refractivity contribution in [2.24, 2.45) is 11.8 Å². The van der Waals surface area contributed by atoms with E-state index in [1.54, 1.807) is 6.07 Å². The largest absolute Gasteiger partial charge is 0.489 e. The second kappa shape index (κ2) is 18.2. The van der Waals surface area contributed by atoms with Crippen LogP contribution in [0.2, 0.25) is 10.0 Å². The van der Waals surface area contributed by atoms with Crippen LogP contribution in [0.15, 0.2) is 85.2 Å². The number of hydrogen-bond donors (Lipinski definition) is 2. The van der Waals surface area contributed by atoms with Crippen molar-refractivity contribution in [1.82, 2.24) is 10.2 Å². The Labute approximate surface area is 334 Å². The first-order chi connectivity index (χ1) is 27.1. The average molecular weight is 812 g/mol. The number of nitrogens with zero attached hydrogens (tertiary/aromatic N) is 2. The molecule has 4 aliphatic rings. The maximum atomic E-state index is 13.7. The topological polar surface area (TPSA) is 110 Å². The lowest BCUT2D eigenvalue weighted by Crippen LogP contribution is -2.52. The first-order valence-corrected chi connectivity index (χ1v) is 19.6. The van der Waals surface area contributed by atoms with Gasteiger partial charge in [0.25, 0.3) is 0 Å². The van der Waals surface area contributed by atoms with Crippen molar-refractivity contribution in [2.75, 3.05) is 26.2 Å². The maximum absolute atomic E-state index is 13.7. The molecule has 3 atom stereocenters. The van der Waals surface area contributed by atoms with Crippen LogP contribution in [-0.4, -0.2) is 61.0 Å². The van der Waals surface area contributed by atoms with Crippen LogP contribution in [0.3, 0.4) is 0 Å². The minimum atomic E-state index is -3.07. The summed E-state index contributed by atoms with van der Waals surface area (Å²) in [6.45, 7) is 0.451. The summed E-state index contributed by atoms with van der Waals surface area (Å²) < 4.78 is 50.1. The van der Waals surface area contributed by atoms with Gasteiger partial charge in [-0.2, -0.15) is 8.78 Å². The summed E-state index contributed by atoms with van der Waals surface area (Å²) in [5.41, 5.74) is 3.15. The minimum absolute atomic E-state index is 0.00192. The fraction of sp³-hybridized carbons (Fsp3) is 0.405. The van der Waals surface area contributed by atoms with Crippen LogP contribution in [0.25, 0.3) is 0 Å². The van der Waals surface area contributed by atoms with Gasteiger partial charge in [-0.05, 0) is 85.0 Å². The van der Waals surface area contributed by atoms with Gasteiger partial charge in [0, 0.05) is 29.8 Å². The molecule has 3 aliphatic heterocycles. The van der Waals surface area contributed by atoms with Gasteiger partial charge >= 0.3 is 18.6 Å². The molecule has 56 heavy (non-hydrogen) atoms. The van der Waals surface area contributed by atoms with E-state index in [2.05, 4.69) is 10.2 Å². The molecule has 1 saturated carbocycles. The number of hydrogen-bond acceptors (Lipinski definition) is 9. The molecule has 4 aromatic rings. The van der Waals surface area contributed by atoms with Gasteiger partial charge in [0.1, 0.15) is 28.3 Å². The van der Waals surface area contributed by atoms with E-state index in [4.69, 9.17) is 42.1 Å². The molecule has 296 valence electrons. The zero-order valence-corrected chi connectivity index (χ0v) is 32.1. The molecule has 3 saturated heterocycles. The number of piperidine rings is 3. The number of alkyl halides is 2. The van der Waals surface area contributed by atoms with Crippen molar-refractivity contribution in [3.05, 3.63) is 123 Å². The number of ether oxygens (including phenoxy) is 4. The van der Waals surface area contributed by atoms with E-state index in [0.717, 1.165) is 61.2 Å². The number of pyridine rings is 1. The van der Waals surface area contributed by atoms with Gasteiger partial charge in [-0.3, -0.25) is 20.2 Å². The number of carbonyl (C=O) groups excluding carboxylic acids is 2. The highest BCUT2D eigenvalue weighted by atomic mass is 35.5. The molecule has 1 aromatic heterocycles. The molecule has 14 heteroatoms.